The number of benzene rings is 4. The quantitative estimate of drug-likeness (QED) is 0.287. The Morgan fingerprint density at radius 1 is 0.854 bits per heavy atom. The zero-order valence-corrected chi connectivity index (χ0v) is 24.4. The van der Waals surface area contributed by atoms with Crippen molar-refractivity contribution in [3.05, 3.63) is 125 Å². The molecule has 4 aromatic rings. The van der Waals surface area contributed by atoms with Crippen LogP contribution in [0.2, 0.25) is 0 Å². The van der Waals surface area contributed by atoms with Crippen molar-refractivity contribution < 1.29 is 22.7 Å². The van der Waals surface area contributed by atoms with Crippen molar-refractivity contribution >= 4 is 43.5 Å². The van der Waals surface area contributed by atoms with E-state index in [1.54, 1.807) is 36.4 Å². The van der Waals surface area contributed by atoms with E-state index in [4.69, 9.17) is 4.74 Å². The Bertz CT molecular complexity index is 1620. The number of nitrogens with zero attached hydrogens (tertiary/aromatic N) is 2. The maximum Gasteiger partial charge on any atom is 0.263 e. The summed E-state index contributed by atoms with van der Waals surface area (Å²) >= 11 is 3.34. The Morgan fingerprint density at radius 2 is 1.46 bits per heavy atom. The van der Waals surface area contributed by atoms with Crippen molar-refractivity contribution in [2.24, 2.45) is 0 Å². The van der Waals surface area contributed by atoms with Gasteiger partial charge in [0.1, 0.15) is 5.75 Å². The van der Waals surface area contributed by atoms with Gasteiger partial charge in [0.15, 0.2) is 6.10 Å². The SMILES string of the molecule is O=C(NCc1ccccc1)[C@@H]1CN(C(=O)CN(Cc2ccccc2)S(=O)(=O)c2ccc(Br)cc2)c2ccccc2O1. The van der Waals surface area contributed by atoms with Crippen molar-refractivity contribution in [2.75, 3.05) is 18.0 Å². The number of carbonyl (C=O) groups excluding carboxylic acids is 2. The van der Waals surface area contributed by atoms with E-state index in [2.05, 4.69) is 21.2 Å². The average Bonchev–Trinajstić information content (AvgIpc) is 3.00. The summed E-state index contributed by atoms with van der Waals surface area (Å²) < 4.78 is 35.4. The summed E-state index contributed by atoms with van der Waals surface area (Å²) in [4.78, 5) is 28.5. The molecule has 5 rings (SSSR count). The standard InChI is InChI=1S/C31H28BrN3O5S/c32-25-15-17-26(18-16-25)41(38,39)34(20-24-11-5-2-6-12-24)22-30(36)35-21-29(40-28-14-8-7-13-27(28)35)31(37)33-19-23-9-3-1-4-10-23/h1-18,29H,19-22H2,(H,33,37)/t29-/m0/s1. The molecule has 1 aliphatic heterocycles. The highest BCUT2D eigenvalue weighted by Gasteiger charge is 2.36. The Kier molecular flexibility index (Phi) is 8.82. The highest BCUT2D eigenvalue weighted by Crippen LogP contribution is 2.34. The normalized spacial score (nSPS) is 14.7. The molecular weight excluding hydrogens is 606 g/mol. The van der Waals surface area contributed by atoms with E-state index in [1.807, 2.05) is 60.7 Å². The maximum atomic E-state index is 13.9. The van der Waals surface area contributed by atoms with Crippen LogP contribution in [-0.2, 0) is 32.7 Å². The minimum absolute atomic E-state index is 0.00203. The first-order valence-electron chi connectivity index (χ1n) is 13.0. The molecule has 10 heteroatoms. The fourth-order valence-electron chi connectivity index (χ4n) is 4.51. The summed E-state index contributed by atoms with van der Waals surface area (Å²) in [5.74, 6) is -0.472. The Balaban J connectivity index is 1.40. The molecule has 1 heterocycles. The first-order valence-corrected chi connectivity index (χ1v) is 15.2. The number of carbonyl (C=O) groups is 2. The zero-order chi connectivity index (χ0) is 28.8. The molecule has 8 nitrogen and oxygen atoms in total. The van der Waals surface area contributed by atoms with Crippen LogP contribution in [0.15, 0.2) is 119 Å². The number of para-hydroxylation sites is 2. The van der Waals surface area contributed by atoms with Crippen molar-refractivity contribution in [3.8, 4) is 5.75 Å². The third-order valence-electron chi connectivity index (χ3n) is 6.64. The van der Waals surface area contributed by atoms with Crippen LogP contribution in [0.3, 0.4) is 0 Å². The summed E-state index contributed by atoms with van der Waals surface area (Å²) in [5, 5.41) is 2.87. The monoisotopic (exact) mass is 633 g/mol. The number of hydrogen-bond acceptors (Lipinski definition) is 5. The summed E-state index contributed by atoms with van der Waals surface area (Å²) in [6.07, 6.45) is -0.969. The smallest absolute Gasteiger partial charge is 0.263 e. The molecule has 0 aromatic heterocycles. The van der Waals surface area contributed by atoms with E-state index in [0.29, 0.717) is 18.0 Å². The van der Waals surface area contributed by atoms with Gasteiger partial charge < -0.3 is 15.0 Å². The summed E-state index contributed by atoms with van der Waals surface area (Å²) in [7, 11) is -4.04. The summed E-state index contributed by atoms with van der Waals surface area (Å²) in [5.41, 5.74) is 2.14. The summed E-state index contributed by atoms with van der Waals surface area (Å²) in [6, 6.07) is 31.8. The molecule has 210 valence electrons. The lowest BCUT2D eigenvalue weighted by molar-refractivity contribution is -0.128. The van der Waals surface area contributed by atoms with Crippen LogP contribution < -0.4 is 15.0 Å². The van der Waals surface area contributed by atoms with Gasteiger partial charge in [-0.05, 0) is 47.5 Å². The van der Waals surface area contributed by atoms with Gasteiger partial charge in [-0.3, -0.25) is 9.59 Å². The summed E-state index contributed by atoms with van der Waals surface area (Å²) in [6.45, 7) is -0.183. The van der Waals surface area contributed by atoms with Gasteiger partial charge in [-0.1, -0.05) is 88.7 Å². The predicted molar refractivity (Wildman–Crippen MR) is 160 cm³/mol. The third-order valence-corrected chi connectivity index (χ3v) is 8.98. The molecule has 0 aliphatic carbocycles. The molecule has 0 bridgehead atoms. The lowest BCUT2D eigenvalue weighted by Crippen LogP contribution is -2.52. The number of amides is 2. The second-order valence-corrected chi connectivity index (χ2v) is 12.3. The lowest BCUT2D eigenvalue weighted by Gasteiger charge is -2.35. The van der Waals surface area contributed by atoms with Gasteiger partial charge in [0.05, 0.1) is 23.7 Å². The molecule has 1 atom stereocenters. The van der Waals surface area contributed by atoms with Crippen molar-refractivity contribution in [3.63, 3.8) is 0 Å². The zero-order valence-electron chi connectivity index (χ0n) is 22.0. The van der Waals surface area contributed by atoms with Crippen LogP contribution in [0.25, 0.3) is 0 Å². The highest BCUT2D eigenvalue weighted by molar-refractivity contribution is 9.10. The first kappa shape index (κ1) is 28.5. The van der Waals surface area contributed by atoms with Crippen LogP contribution in [-0.4, -0.2) is 43.7 Å². The minimum Gasteiger partial charge on any atom is -0.477 e. The molecule has 0 spiro atoms. The van der Waals surface area contributed by atoms with Gasteiger partial charge in [0.2, 0.25) is 15.9 Å². The van der Waals surface area contributed by atoms with Crippen molar-refractivity contribution in [2.45, 2.75) is 24.1 Å². The molecule has 0 radical (unpaired) electrons. The van der Waals surface area contributed by atoms with Gasteiger partial charge >= 0.3 is 0 Å². The maximum absolute atomic E-state index is 13.9. The fourth-order valence-corrected chi connectivity index (χ4v) is 6.15. The van der Waals surface area contributed by atoms with Crippen LogP contribution in [0.5, 0.6) is 5.75 Å². The third kappa shape index (κ3) is 6.84. The number of sulfonamides is 1. The van der Waals surface area contributed by atoms with Crippen LogP contribution in [0, 0.1) is 0 Å². The van der Waals surface area contributed by atoms with Crippen LogP contribution >= 0.6 is 15.9 Å². The molecule has 0 saturated heterocycles. The molecular formula is C31H28BrN3O5S. The first-order chi connectivity index (χ1) is 19.8. The molecule has 0 saturated carbocycles. The van der Waals surface area contributed by atoms with E-state index in [1.165, 1.54) is 17.0 Å². The van der Waals surface area contributed by atoms with E-state index in [0.717, 1.165) is 19.9 Å². The number of halogens is 1. The van der Waals surface area contributed by atoms with Gasteiger partial charge in [-0.15, -0.1) is 0 Å². The number of nitrogens with one attached hydrogen (secondary N) is 1. The molecule has 4 aromatic carbocycles. The largest absolute Gasteiger partial charge is 0.477 e. The van der Waals surface area contributed by atoms with Crippen LogP contribution in [0.1, 0.15) is 11.1 Å². The van der Waals surface area contributed by atoms with Crippen LogP contribution in [0.4, 0.5) is 5.69 Å². The predicted octanol–water partition coefficient (Wildman–Crippen LogP) is 4.75. The number of anilines is 1. The molecule has 41 heavy (non-hydrogen) atoms. The highest BCUT2D eigenvalue weighted by atomic mass is 79.9. The Labute approximate surface area is 247 Å². The average molecular weight is 635 g/mol. The topological polar surface area (TPSA) is 96.0 Å². The molecule has 1 aliphatic rings. The van der Waals surface area contributed by atoms with Crippen molar-refractivity contribution in [1.29, 1.82) is 0 Å². The van der Waals surface area contributed by atoms with Gasteiger partial charge in [-0.25, -0.2) is 8.42 Å². The molecule has 0 unspecified atom stereocenters. The van der Waals surface area contributed by atoms with E-state index >= 15 is 0 Å². The molecule has 1 N–H and O–H groups in total. The Hall–Kier alpha value is -3.99. The van der Waals surface area contributed by atoms with E-state index in [9.17, 15) is 18.0 Å². The number of fused-ring (bicyclic) bond motifs is 1. The molecule has 2 amide bonds. The fraction of sp³-hybridized carbons (Fsp3) is 0.161. The van der Waals surface area contributed by atoms with Gasteiger partial charge in [0, 0.05) is 17.6 Å². The van der Waals surface area contributed by atoms with E-state index in [-0.39, 0.29) is 23.9 Å². The molecule has 0 fully saturated rings. The van der Waals surface area contributed by atoms with Gasteiger partial charge in [-0.2, -0.15) is 4.31 Å². The van der Waals surface area contributed by atoms with Crippen molar-refractivity contribution in [1.82, 2.24) is 9.62 Å². The Morgan fingerprint density at radius 3 is 2.15 bits per heavy atom. The number of rotatable bonds is 9. The lowest BCUT2D eigenvalue weighted by atomic mass is 10.1. The number of ether oxygens (including phenoxy) is 1. The second kappa shape index (κ2) is 12.7. The second-order valence-electron chi connectivity index (χ2n) is 9.49. The van der Waals surface area contributed by atoms with Gasteiger partial charge in [0.25, 0.3) is 5.91 Å². The minimum atomic E-state index is -4.04. The van der Waals surface area contributed by atoms with E-state index < -0.39 is 28.6 Å². The number of hydrogen-bond donors (Lipinski definition) is 1.